The molecule has 2 unspecified atom stereocenters. The molecule has 2 atom stereocenters. The molecule has 1 saturated heterocycles. The number of aryl methyl sites for hydroxylation is 1. The number of hydrogen-bond acceptors (Lipinski definition) is 6. The van der Waals surface area contributed by atoms with Crippen LogP contribution in [0.5, 0.6) is 0 Å². The van der Waals surface area contributed by atoms with Crippen molar-refractivity contribution in [3.8, 4) is 0 Å². The second kappa shape index (κ2) is 12.3. The van der Waals surface area contributed by atoms with Gasteiger partial charge in [0.1, 0.15) is 18.3 Å². The number of aliphatic hydroxyl groups is 1. The number of alkyl halides is 3. The van der Waals surface area contributed by atoms with Crippen molar-refractivity contribution in [3.63, 3.8) is 0 Å². The molecule has 4 rings (SSSR count). The lowest BCUT2D eigenvalue weighted by Gasteiger charge is -2.37. The van der Waals surface area contributed by atoms with Crippen molar-refractivity contribution in [2.75, 3.05) is 13.2 Å². The molecule has 0 bridgehead atoms. The number of aromatic nitrogens is 3. The maximum absolute atomic E-state index is 13.1. The van der Waals surface area contributed by atoms with Crippen molar-refractivity contribution in [1.82, 2.24) is 14.8 Å². The van der Waals surface area contributed by atoms with Crippen LogP contribution in [-0.2, 0) is 27.8 Å². The molecule has 3 aromatic rings. The van der Waals surface area contributed by atoms with Gasteiger partial charge in [0, 0.05) is 5.25 Å². The van der Waals surface area contributed by atoms with Crippen LogP contribution in [0.1, 0.15) is 29.2 Å². The molecule has 38 heavy (non-hydrogen) atoms. The lowest BCUT2D eigenvalue weighted by atomic mass is 9.90. The molecule has 1 fully saturated rings. The molecule has 1 aliphatic rings. The first kappa shape index (κ1) is 28.1. The zero-order chi connectivity index (χ0) is 27.2. The van der Waals surface area contributed by atoms with Gasteiger partial charge in [-0.2, -0.15) is 18.3 Å². The largest absolute Gasteiger partial charge is 0.416 e. The highest BCUT2D eigenvalue weighted by Gasteiger charge is 2.40. The summed E-state index contributed by atoms with van der Waals surface area (Å²) in [5.41, 5.74) is 0.383. The molecule has 0 saturated carbocycles. The van der Waals surface area contributed by atoms with Gasteiger partial charge in [0.15, 0.2) is 6.29 Å². The SMILES string of the molecule is Cc1ccc(/C=C/C=C/C2OCC(SC(C)C(O)(Cn3cncn3)c3ccc(C(F)(F)F)cc3)CO2)cc1. The van der Waals surface area contributed by atoms with E-state index >= 15 is 0 Å². The van der Waals surface area contributed by atoms with Crippen molar-refractivity contribution in [2.24, 2.45) is 0 Å². The fourth-order valence-corrected chi connectivity index (χ4v) is 5.38. The van der Waals surface area contributed by atoms with E-state index in [-0.39, 0.29) is 11.8 Å². The topological polar surface area (TPSA) is 69.4 Å². The van der Waals surface area contributed by atoms with Crippen molar-refractivity contribution in [1.29, 1.82) is 0 Å². The highest BCUT2D eigenvalue weighted by Crippen LogP contribution is 2.39. The number of benzene rings is 2. The third-order valence-corrected chi connectivity index (χ3v) is 7.74. The lowest BCUT2D eigenvalue weighted by molar-refractivity contribution is -0.146. The summed E-state index contributed by atoms with van der Waals surface area (Å²) in [6, 6.07) is 12.8. The first-order valence-corrected chi connectivity index (χ1v) is 13.1. The first-order valence-electron chi connectivity index (χ1n) is 12.2. The van der Waals surface area contributed by atoms with Crippen LogP contribution in [0.3, 0.4) is 0 Å². The number of nitrogens with zero attached hydrogens (tertiary/aromatic N) is 3. The Kier molecular flexibility index (Phi) is 9.09. The number of rotatable bonds is 9. The van der Waals surface area contributed by atoms with E-state index in [4.69, 9.17) is 9.47 Å². The normalized spacial score (nSPS) is 21.1. The van der Waals surface area contributed by atoms with E-state index in [2.05, 4.69) is 22.2 Å². The molecule has 1 aromatic heterocycles. The number of ether oxygens (including phenoxy) is 2. The standard InChI is InChI=1S/C28H30F3N3O3S/c1-20-7-9-22(10-8-20)5-3-4-6-26-36-15-25(16-37-26)38-21(2)27(35,17-34-19-32-18-33-34)23-11-13-24(14-12-23)28(29,30)31/h3-14,18-19,21,25-26,35H,15-17H2,1-2H3/b5-3+,6-4+. The summed E-state index contributed by atoms with van der Waals surface area (Å²) in [6.07, 6.45) is 5.50. The number of thioether (sulfide) groups is 1. The van der Waals surface area contributed by atoms with Crippen LogP contribution < -0.4 is 0 Å². The maximum Gasteiger partial charge on any atom is 0.416 e. The van der Waals surface area contributed by atoms with E-state index in [0.29, 0.717) is 18.8 Å². The van der Waals surface area contributed by atoms with Gasteiger partial charge in [0.05, 0.1) is 30.6 Å². The minimum absolute atomic E-state index is 0.0274. The predicted molar refractivity (Wildman–Crippen MR) is 141 cm³/mol. The molecule has 6 nitrogen and oxygen atoms in total. The Bertz CT molecular complexity index is 1210. The van der Waals surface area contributed by atoms with Crippen molar-refractivity contribution >= 4 is 17.8 Å². The highest BCUT2D eigenvalue weighted by atomic mass is 32.2. The quantitative estimate of drug-likeness (QED) is 0.352. The number of halogens is 3. The van der Waals surface area contributed by atoms with Crippen LogP contribution in [-0.4, -0.2) is 49.9 Å². The molecule has 1 aliphatic heterocycles. The van der Waals surface area contributed by atoms with Gasteiger partial charge in [-0.3, -0.25) is 0 Å². The molecule has 10 heteroatoms. The van der Waals surface area contributed by atoms with Gasteiger partial charge in [-0.1, -0.05) is 67.1 Å². The Labute approximate surface area is 224 Å². The molecule has 0 radical (unpaired) electrons. The minimum Gasteiger partial charge on any atom is -0.382 e. The van der Waals surface area contributed by atoms with E-state index in [1.54, 1.807) is 0 Å². The average molecular weight is 546 g/mol. The van der Waals surface area contributed by atoms with Crippen LogP contribution in [0.15, 0.2) is 79.4 Å². The second-order valence-electron chi connectivity index (χ2n) is 9.18. The Morgan fingerprint density at radius 1 is 1.05 bits per heavy atom. The molecule has 2 heterocycles. The fraction of sp³-hybridized carbons (Fsp3) is 0.357. The Hall–Kier alpha value is -2.92. The number of hydrogen-bond donors (Lipinski definition) is 1. The van der Waals surface area contributed by atoms with Crippen molar-refractivity contribution in [2.45, 2.75) is 49.0 Å². The van der Waals surface area contributed by atoms with Crippen molar-refractivity contribution in [3.05, 3.63) is 102 Å². The van der Waals surface area contributed by atoms with Gasteiger partial charge >= 0.3 is 6.18 Å². The monoisotopic (exact) mass is 545 g/mol. The van der Waals surface area contributed by atoms with Gasteiger partial charge < -0.3 is 14.6 Å². The third-order valence-electron chi connectivity index (χ3n) is 6.29. The van der Waals surface area contributed by atoms with E-state index in [1.165, 1.54) is 46.8 Å². The molecule has 0 amide bonds. The summed E-state index contributed by atoms with van der Waals surface area (Å²) >= 11 is 1.46. The molecular formula is C28H30F3N3O3S. The van der Waals surface area contributed by atoms with Gasteiger partial charge in [0.25, 0.3) is 0 Å². The summed E-state index contributed by atoms with van der Waals surface area (Å²) in [5.74, 6) is 0. The lowest BCUT2D eigenvalue weighted by Crippen LogP contribution is -2.43. The maximum atomic E-state index is 13.1. The Morgan fingerprint density at radius 2 is 1.71 bits per heavy atom. The molecule has 0 spiro atoms. The van der Waals surface area contributed by atoms with Crippen LogP contribution >= 0.6 is 11.8 Å². The van der Waals surface area contributed by atoms with Gasteiger partial charge in [0.2, 0.25) is 0 Å². The van der Waals surface area contributed by atoms with Crippen LogP contribution in [0.2, 0.25) is 0 Å². The molecule has 1 N–H and O–H groups in total. The minimum atomic E-state index is -4.46. The zero-order valence-electron chi connectivity index (χ0n) is 21.1. The zero-order valence-corrected chi connectivity index (χ0v) is 21.9. The van der Waals surface area contributed by atoms with Crippen LogP contribution in [0.4, 0.5) is 13.2 Å². The highest BCUT2D eigenvalue weighted by molar-refractivity contribution is 8.00. The summed E-state index contributed by atoms with van der Waals surface area (Å²) in [5, 5.41) is 15.3. The molecule has 202 valence electrons. The summed E-state index contributed by atoms with van der Waals surface area (Å²) < 4.78 is 52.4. The molecular weight excluding hydrogens is 515 g/mol. The van der Waals surface area contributed by atoms with Gasteiger partial charge in [-0.25, -0.2) is 9.67 Å². The van der Waals surface area contributed by atoms with Gasteiger partial charge in [-0.15, -0.1) is 11.8 Å². The molecule has 2 aromatic carbocycles. The van der Waals surface area contributed by atoms with Crippen molar-refractivity contribution < 1.29 is 27.8 Å². The van der Waals surface area contributed by atoms with Crippen LogP contribution in [0, 0.1) is 6.92 Å². The predicted octanol–water partition coefficient (Wildman–Crippen LogP) is 5.63. The third kappa shape index (κ3) is 7.35. The Balaban J connectivity index is 1.37. The number of allylic oxidation sites excluding steroid dienone is 2. The first-order chi connectivity index (χ1) is 18.1. The summed E-state index contributed by atoms with van der Waals surface area (Å²) in [7, 11) is 0. The summed E-state index contributed by atoms with van der Waals surface area (Å²) in [4.78, 5) is 3.91. The van der Waals surface area contributed by atoms with Gasteiger partial charge in [-0.05, 0) is 36.3 Å². The van der Waals surface area contributed by atoms with Crippen LogP contribution in [0.25, 0.3) is 6.08 Å². The molecule has 0 aliphatic carbocycles. The Morgan fingerprint density at radius 3 is 2.32 bits per heavy atom. The van der Waals surface area contributed by atoms with E-state index in [9.17, 15) is 18.3 Å². The smallest absolute Gasteiger partial charge is 0.382 e. The average Bonchev–Trinajstić information content (AvgIpc) is 3.41. The second-order valence-corrected chi connectivity index (χ2v) is 10.8. The fourth-order valence-electron chi connectivity index (χ4n) is 4.05. The summed E-state index contributed by atoms with van der Waals surface area (Å²) in [6.45, 7) is 4.71. The van der Waals surface area contributed by atoms with E-state index in [0.717, 1.165) is 17.7 Å². The van der Waals surface area contributed by atoms with E-state index in [1.807, 2.05) is 50.3 Å². The van der Waals surface area contributed by atoms with E-state index < -0.39 is 28.9 Å².